The molecule has 1 aromatic carbocycles. The van der Waals surface area contributed by atoms with Gasteiger partial charge in [0.1, 0.15) is 18.5 Å². The van der Waals surface area contributed by atoms with Crippen molar-refractivity contribution in [3.05, 3.63) is 60.8 Å². The molecule has 2 amide bonds. The maximum atomic E-state index is 12.5. The molecule has 0 aliphatic heterocycles. The van der Waals surface area contributed by atoms with Crippen LogP contribution in [0.2, 0.25) is 0 Å². The van der Waals surface area contributed by atoms with Crippen LogP contribution in [-0.2, 0) is 4.79 Å². The second kappa shape index (κ2) is 7.36. The van der Waals surface area contributed by atoms with E-state index in [1.807, 2.05) is 39.0 Å². The highest BCUT2D eigenvalue weighted by atomic mass is 16.2. The molecule has 0 unspecified atom stereocenters. The minimum atomic E-state index is -0.525. The van der Waals surface area contributed by atoms with Gasteiger partial charge in [0, 0.05) is 11.6 Å². The fraction of sp³-hybridized carbons (Fsp3) is 0.211. The van der Waals surface area contributed by atoms with Gasteiger partial charge in [-0.05, 0) is 24.3 Å². The Bertz CT molecular complexity index is 943. The third kappa shape index (κ3) is 4.35. The van der Waals surface area contributed by atoms with Crippen LogP contribution in [0.1, 0.15) is 31.1 Å². The first-order chi connectivity index (χ1) is 12.8. The van der Waals surface area contributed by atoms with Crippen molar-refractivity contribution in [2.75, 3.05) is 10.6 Å². The molecule has 3 aromatic rings. The topological polar surface area (TPSA) is 102 Å². The molecule has 3 rings (SSSR count). The Hall–Kier alpha value is -3.55. The molecule has 0 saturated heterocycles. The molecule has 0 radical (unpaired) electrons. The van der Waals surface area contributed by atoms with Gasteiger partial charge < -0.3 is 10.6 Å². The summed E-state index contributed by atoms with van der Waals surface area (Å²) >= 11 is 0. The van der Waals surface area contributed by atoms with Gasteiger partial charge >= 0.3 is 0 Å². The van der Waals surface area contributed by atoms with Crippen molar-refractivity contribution < 1.29 is 9.59 Å². The summed E-state index contributed by atoms with van der Waals surface area (Å²) in [5.41, 5.74) is 1.14. The number of hydrogen-bond donors (Lipinski definition) is 2. The van der Waals surface area contributed by atoms with E-state index in [0.29, 0.717) is 22.8 Å². The average molecular weight is 364 g/mol. The van der Waals surface area contributed by atoms with Gasteiger partial charge in [-0.2, -0.15) is 5.10 Å². The van der Waals surface area contributed by atoms with Gasteiger partial charge in [-0.3, -0.25) is 9.59 Å². The molecule has 8 nitrogen and oxygen atoms in total. The molecular formula is C19H20N6O2. The highest BCUT2D eigenvalue weighted by molar-refractivity contribution is 6.05. The van der Waals surface area contributed by atoms with Crippen molar-refractivity contribution in [3.63, 3.8) is 0 Å². The SMILES string of the molecule is CC(C)(C)C(=O)Nc1ccc(C(=O)Nc2ccccc2-n2cncn2)cn1. The minimum absolute atomic E-state index is 0.144. The molecule has 0 aliphatic rings. The largest absolute Gasteiger partial charge is 0.320 e. The Balaban J connectivity index is 1.74. The first-order valence-corrected chi connectivity index (χ1v) is 8.37. The molecule has 2 N–H and O–H groups in total. The van der Waals surface area contributed by atoms with Crippen LogP contribution in [0.15, 0.2) is 55.2 Å². The molecule has 0 bridgehead atoms. The molecule has 0 spiro atoms. The number of anilines is 2. The number of benzene rings is 1. The number of hydrogen-bond acceptors (Lipinski definition) is 5. The highest BCUT2D eigenvalue weighted by Gasteiger charge is 2.21. The van der Waals surface area contributed by atoms with Crippen molar-refractivity contribution in [2.45, 2.75) is 20.8 Å². The third-order valence-electron chi connectivity index (χ3n) is 3.77. The Morgan fingerprint density at radius 2 is 1.81 bits per heavy atom. The number of aromatic nitrogens is 4. The van der Waals surface area contributed by atoms with Gasteiger partial charge in [-0.25, -0.2) is 14.6 Å². The van der Waals surface area contributed by atoms with Crippen molar-refractivity contribution in [1.29, 1.82) is 0 Å². The van der Waals surface area contributed by atoms with E-state index in [1.54, 1.807) is 29.2 Å². The molecule has 138 valence electrons. The van der Waals surface area contributed by atoms with Crippen LogP contribution in [0.3, 0.4) is 0 Å². The monoisotopic (exact) mass is 364 g/mol. The van der Waals surface area contributed by atoms with Gasteiger partial charge in [-0.15, -0.1) is 0 Å². The van der Waals surface area contributed by atoms with Crippen molar-refractivity contribution in [3.8, 4) is 5.69 Å². The Morgan fingerprint density at radius 1 is 1.04 bits per heavy atom. The predicted octanol–water partition coefficient (Wildman–Crippen LogP) is 2.90. The quantitative estimate of drug-likeness (QED) is 0.741. The Morgan fingerprint density at radius 3 is 2.44 bits per heavy atom. The Labute approximate surface area is 156 Å². The molecule has 0 fully saturated rings. The fourth-order valence-corrected chi connectivity index (χ4v) is 2.21. The van der Waals surface area contributed by atoms with Crippen LogP contribution in [0, 0.1) is 5.41 Å². The van der Waals surface area contributed by atoms with Gasteiger partial charge in [0.15, 0.2) is 0 Å². The van der Waals surface area contributed by atoms with E-state index in [-0.39, 0.29) is 11.8 Å². The molecule has 2 aromatic heterocycles. The van der Waals surface area contributed by atoms with Crippen LogP contribution in [0.25, 0.3) is 5.69 Å². The van der Waals surface area contributed by atoms with Gasteiger partial charge in [0.2, 0.25) is 5.91 Å². The third-order valence-corrected chi connectivity index (χ3v) is 3.77. The van der Waals surface area contributed by atoms with Crippen molar-refractivity contribution in [1.82, 2.24) is 19.7 Å². The Kier molecular flexibility index (Phi) is 4.98. The lowest BCUT2D eigenvalue weighted by Gasteiger charge is -2.17. The molecule has 0 saturated carbocycles. The first-order valence-electron chi connectivity index (χ1n) is 8.37. The molecular weight excluding hydrogens is 344 g/mol. The van der Waals surface area contributed by atoms with Crippen LogP contribution in [0.5, 0.6) is 0 Å². The average Bonchev–Trinajstić information content (AvgIpc) is 3.16. The summed E-state index contributed by atoms with van der Waals surface area (Å²) in [6, 6.07) is 10.5. The van der Waals surface area contributed by atoms with E-state index in [1.165, 1.54) is 12.5 Å². The maximum Gasteiger partial charge on any atom is 0.257 e. The van der Waals surface area contributed by atoms with Crippen LogP contribution in [0.4, 0.5) is 11.5 Å². The number of pyridine rings is 1. The number of nitrogens with one attached hydrogen (secondary N) is 2. The minimum Gasteiger partial charge on any atom is -0.320 e. The van der Waals surface area contributed by atoms with E-state index in [2.05, 4.69) is 25.7 Å². The molecule has 27 heavy (non-hydrogen) atoms. The molecule has 2 heterocycles. The lowest BCUT2D eigenvalue weighted by atomic mass is 9.96. The summed E-state index contributed by atoms with van der Waals surface area (Å²) < 4.78 is 1.57. The van der Waals surface area contributed by atoms with Crippen LogP contribution in [-0.4, -0.2) is 31.6 Å². The summed E-state index contributed by atoms with van der Waals surface area (Å²) in [4.78, 5) is 32.6. The highest BCUT2D eigenvalue weighted by Crippen LogP contribution is 2.20. The summed E-state index contributed by atoms with van der Waals surface area (Å²) in [5, 5.41) is 9.66. The smallest absolute Gasteiger partial charge is 0.257 e. The van der Waals surface area contributed by atoms with Gasteiger partial charge in [0.05, 0.1) is 16.9 Å². The van der Waals surface area contributed by atoms with Gasteiger partial charge in [-0.1, -0.05) is 32.9 Å². The van der Waals surface area contributed by atoms with E-state index >= 15 is 0 Å². The number of para-hydroxylation sites is 2. The second-order valence-electron chi connectivity index (χ2n) is 6.95. The van der Waals surface area contributed by atoms with E-state index in [9.17, 15) is 9.59 Å². The fourth-order valence-electron chi connectivity index (χ4n) is 2.21. The van der Waals surface area contributed by atoms with Gasteiger partial charge in [0.25, 0.3) is 5.91 Å². The zero-order chi connectivity index (χ0) is 19.4. The zero-order valence-electron chi connectivity index (χ0n) is 15.3. The summed E-state index contributed by atoms with van der Waals surface area (Å²) in [7, 11) is 0. The standard InChI is InChI=1S/C19H20N6O2/c1-19(2,3)18(27)24-16-9-8-13(10-21-16)17(26)23-14-6-4-5-7-15(14)25-12-20-11-22-25/h4-12H,1-3H3,(H,23,26)(H,21,24,27). The number of carbonyl (C=O) groups is 2. The lowest BCUT2D eigenvalue weighted by molar-refractivity contribution is -0.123. The van der Waals surface area contributed by atoms with E-state index in [4.69, 9.17) is 0 Å². The maximum absolute atomic E-state index is 12.5. The molecule has 0 aliphatic carbocycles. The number of rotatable bonds is 4. The summed E-state index contributed by atoms with van der Waals surface area (Å²) in [5.74, 6) is -0.0628. The molecule has 8 heteroatoms. The van der Waals surface area contributed by atoms with Crippen LogP contribution >= 0.6 is 0 Å². The normalized spacial score (nSPS) is 11.1. The van der Waals surface area contributed by atoms with Crippen molar-refractivity contribution >= 4 is 23.3 Å². The van der Waals surface area contributed by atoms with Crippen LogP contribution < -0.4 is 10.6 Å². The molecule has 0 atom stereocenters. The lowest BCUT2D eigenvalue weighted by Crippen LogP contribution is -2.28. The number of carbonyl (C=O) groups excluding carboxylic acids is 2. The number of nitrogens with zero attached hydrogens (tertiary/aromatic N) is 4. The predicted molar refractivity (Wildman–Crippen MR) is 102 cm³/mol. The first kappa shape index (κ1) is 18.2. The zero-order valence-corrected chi connectivity index (χ0v) is 15.3. The van der Waals surface area contributed by atoms with Crippen molar-refractivity contribution in [2.24, 2.45) is 5.41 Å². The summed E-state index contributed by atoms with van der Waals surface area (Å²) in [6.07, 6.45) is 4.40. The number of amides is 2. The van der Waals surface area contributed by atoms with E-state index < -0.39 is 5.41 Å². The van der Waals surface area contributed by atoms with E-state index in [0.717, 1.165) is 0 Å². The second-order valence-corrected chi connectivity index (χ2v) is 6.95. The summed E-state index contributed by atoms with van der Waals surface area (Å²) in [6.45, 7) is 5.45.